The van der Waals surface area contributed by atoms with Crippen LogP contribution in [0, 0.1) is 11.3 Å². The molecule has 3 rings (SSSR count). The Morgan fingerprint density at radius 3 is 3.00 bits per heavy atom. The summed E-state index contributed by atoms with van der Waals surface area (Å²) in [5.41, 5.74) is 1.17. The lowest BCUT2D eigenvalue weighted by molar-refractivity contribution is -0.116. The topological polar surface area (TPSA) is 41.6 Å². The van der Waals surface area contributed by atoms with E-state index in [1.54, 1.807) is 25.3 Å². The van der Waals surface area contributed by atoms with Crippen molar-refractivity contribution in [1.29, 1.82) is 0 Å². The van der Waals surface area contributed by atoms with Crippen LogP contribution in [0.3, 0.4) is 0 Å². The molecule has 1 heterocycles. The molecule has 1 aliphatic carbocycles. The Kier molecular flexibility index (Phi) is 5.36. The molecule has 0 aromatic heterocycles. The molecule has 0 bridgehead atoms. The summed E-state index contributed by atoms with van der Waals surface area (Å²) in [5.74, 6) is 1.51. The van der Waals surface area contributed by atoms with Crippen LogP contribution >= 0.6 is 11.6 Å². The number of likely N-dealkylation sites (tertiary alicyclic amines) is 1. The predicted octanol–water partition coefficient (Wildman–Crippen LogP) is 4.19. The third-order valence-corrected chi connectivity index (χ3v) is 5.79. The first-order valence-electron chi connectivity index (χ1n) is 8.85. The number of hydrogen-bond acceptors (Lipinski definition) is 3. The van der Waals surface area contributed by atoms with Gasteiger partial charge in [-0.25, -0.2) is 0 Å². The monoisotopic (exact) mass is 350 g/mol. The van der Waals surface area contributed by atoms with Crippen LogP contribution in [-0.4, -0.2) is 37.6 Å². The second-order valence-electron chi connectivity index (χ2n) is 7.52. The largest absolute Gasteiger partial charge is 0.495 e. The first-order valence-corrected chi connectivity index (χ1v) is 9.23. The minimum atomic E-state index is 0.0105. The molecule has 1 spiro atoms. The second-order valence-corrected chi connectivity index (χ2v) is 7.95. The molecular weight excluding hydrogens is 324 g/mol. The van der Waals surface area contributed by atoms with Crippen molar-refractivity contribution in [3.63, 3.8) is 0 Å². The van der Waals surface area contributed by atoms with Crippen LogP contribution in [0.15, 0.2) is 18.2 Å². The first-order chi connectivity index (χ1) is 11.5. The molecule has 1 aromatic rings. The van der Waals surface area contributed by atoms with Crippen molar-refractivity contribution >= 4 is 23.2 Å². The van der Waals surface area contributed by atoms with Crippen LogP contribution in [0.5, 0.6) is 5.75 Å². The molecule has 5 heteroatoms. The number of anilines is 1. The molecule has 2 fully saturated rings. The molecule has 2 atom stereocenters. The highest BCUT2D eigenvalue weighted by Gasteiger charge is 2.42. The smallest absolute Gasteiger partial charge is 0.225 e. The quantitative estimate of drug-likeness (QED) is 0.865. The number of methoxy groups -OCH3 is 1. The van der Waals surface area contributed by atoms with E-state index in [1.807, 2.05) is 0 Å². The van der Waals surface area contributed by atoms with Crippen molar-refractivity contribution in [1.82, 2.24) is 4.90 Å². The zero-order valence-electron chi connectivity index (χ0n) is 14.6. The van der Waals surface area contributed by atoms with Crippen LogP contribution in [0.1, 0.15) is 39.0 Å². The van der Waals surface area contributed by atoms with Gasteiger partial charge in [0.2, 0.25) is 5.91 Å². The molecule has 24 heavy (non-hydrogen) atoms. The summed E-state index contributed by atoms with van der Waals surface area (Å²) >= 11 is 6.00. The lowest BCUT2D eigenvalue weighted by atomic mass is 9.85. The summed E-state index contributed by atoms with van der Waals surface area (Å²) < 4.78 is 5.27. The van der Waals surface area contributed by atoms with Gasteiger partial charge in [-0.2, -0.15) is 0 Å². The van der Waals surface area contributed by atoms with Gasteiger partial charge in [0.25, 0.3) is 0 Å². The van der Waals surface area contributed by atoms with E-state index in [0.29, 0.717) is 28.3 Å². The van der Waals surface area contributed by atoms with Gasteiger partial charge in [0.1, 0.15) is 5.75 Å². The van der Waals surface area contributed by atoms with Crippen LogP contribution in [0.25, 0.3) is 0 Å². The van der Waals surface area contributed by atoms with Gasteiger partial charge in [0, 0.05) is 24.5 Å². The van der Waals surface area contributed by atoms with Gasteiger partial charge in [-0.3, -0.25) is 4.79 Å². The summed E-state index contributed by atoms with van der Waals surface area (Å²) in [6, 6.07) is 5.24. The lowest BCUT2D eigenvalue weighted by Crippen LogP contribution is -2.28. The van der Waals surface area contributed by atoms with E-state index in [0.717, 1.165) is 25.6 Å². The summed E-state index contributed by atoms with van der Waals surface area (Å²) in [5, 5.41) is 3.51. The zero-order valence-corrected chi connectivity index (χ0v) is 15.4. The van der Waals surface area contributed by atoms with Gasteiger partial charge in [-0.1, -0.05) is 24.9 Å². The average Bonchev–Trinajstić information content (AvgIpc) is 3.12. The number of benzene rings is 1. The van der Waals surface area contributed by atoms with E-state index in [1.165, 1.54) is 25.7 Å². The fourth-order valence-corrected chi connectivity index (χ4v) is 4.51. The molecule has 1 aliphatic heterocycles. The van der Waals surface area contributed by atoms with Gasteiger partial charge in [0.05, 0.1) is 12.8 Å². The Bertz CT molecular complexity index is 607. The van der Waals surface area contributed by atoms with Crippen molar-refractivity contribution in [3.8, 4) is 5.75 Å². The average molecular weight is 351 g/mol. The molecule has 0 radical (unpaired) electrons. The highest BCUT2D eigenvalue weighted by atomic mass is 35.5. The van der Waals surface area contributed by atoms with E-state index < -0.39 is 0 Å². The number of amides is 1. The van der Waals surface area contributed by atoms with E-state index in [4.69, 9.17) is 16.3 Å². The number of nitrogens with zero attached hydrogens (tertiary/aromatic N) is 1. The van der Waals surface area contributed by atoms with Gasteiger partial charge >= 0.3 is 0 Å². The Morgan fingerprint density at radius 1 is 1.46 bits per heavy atom. The zero-order chi connectivity index (χ0) is 17.2. The van der Waals surface area contributed by atoms with Crippen molar-refractivity contribution < 1.29 is 9.53 Å². The Labute approximate surface area is 149 Å². The molecule has 0 unspecified atom stereocenters. The number of carbonyl (C=O) groups is 1. The number of nitrogens with one attached hydrogen (secondary N) is 1. The van der Waals surface area contributed by atoms with Crippen LogP contribution in [0.4, 0.5) is 5.69 Å². The fraction of sp³-hybridized carbons (Fsp3) is 0.632. The van der Waals surface area contributed by atoms with Crippen LogP contribution in [0.2, 0.25) is 5.02 Å². The summed E-state index contributed by atoms with van der Waals surface area (Å²) in [6.07, 6.45) is 5.87. The molecule has 1 saturated heterocycles. The molecule has 1 saturated carbocycles. The predicted molar refractivity (Wildman–Crippen MR) is 97.8 cm³/mol. The molecule has 1 amide bonds. The molecule has 2 aliphatic rings. The molecule has 4 nitrogen and oxygen atoms in total. The van der Waals surface area contributed by atoms with E-state index >= 15 is 0 Å². The Balaban J connectivity index is 1.49. The van der Waals surface area contributed by atoms with E-state index in [-0.39, 0.29) is 5.91 Å². The fourth-order valence-electron chi connectivity index (χ4n) is 4.34. The number of hydrogen-bond donors (Lipinski definition) is 1. The SMILES string of the molecule is COc1ccc(Cl)cc1NC(=O)CCN1CC[C@@]2(CC[C@@H](C)C2)C1. The van der Waals surface area contributed by atoms with Crippen LogP contribution in [-0.2, 0) is 4.79 Å². The summed E-state index contributed by atoms with van der Waals surface area (Å²) in [4.78, 5) is 14.7. The van der Waals surface area contributed by atoms with Crippen molar-refractivity contribution in [2.45, 2.75) is 39.0 Å². The summed E-state index contributed by atoms with van der Waals surface area (Å²) in [6.45, 7) is 5.47. The van der Waals surface area contributed by atoms with Gasteiger partial charge in [-0.15, -0.1) is 0 Å². The Hall–Kier alpha value is -1.26. The van der Waals surface area contributed by atoms with Gasteiger partial charge in [-0.05, 0) is 55.3 Å². The van der Waals surface area contributed by atoms with Crippen molar-refractivity contribution in [3.05, 3.63) is 23.2 Å². The maximum absolute atomic E-state index is 12.3. The maximum atomic E-state index is 12.3. The molecule has 132 valence electrons. The van der Waals surface area contributed by atoms with E-state index in [2.05, 4.69) is 17.1 Å². The highest BCUT2D eigenvalue weighted by Crippen LogP contribution is 2.47. The first kappa shape index (κ1) is 17.6. The minimum absolute atomic E-state index is 0.0105. The lowest BCUT2D eigenvalue weighted by Gasteiger charge is -2.24. The number of carbonyl (C=O) groups excluding carboxylic acids is 1. The van der Waals surface area contributed by atoms with Crippen molar-refractivity contribution in [2.75, 3.05) is 32.1 Å². The van der Waals surface area contributed by atoms with Gasteiger partial charge in [0.15, 0.2) is 0 Å². The molecule has 1 aromatic carbocycles. The minimum Gasteiger partial charge on any atom is -0.495 e. The third-order valence-electron chi connectivity index (χ3n) is 5.56. The number of ether oxygens (including phenoxy) is 1. The van der Waals surface area contributed by atoms with E-state index in [9.17, 15) is 4.79 Å². The molecule has 1 N–H and O–H groups in total. The highest BCUT2D eigenvalue weighted by molar-refractivity contribution is 6.31. The van der Waals surface area contributed by atoms with Crippen molar-refractivity contribution in [2.24, 2.45) is 11.3 Å². The normalized spacial score (nSPS) is 26.9. The third kappa shape index (κ3) is 4.04. The number of rotatable bonds is 5. The standard InChI is InChI=1S/C19H27ClN2O2/c1-14-5-7-19(12-14)8-10-22(13-19)9-6-18(23)21-16-11-15(20)3-4-17(16)24-2/h3-4,11,14H,5-10,12-13H2,1-2H3,(H,21,23)/t14-,19-/m1/s1. The Morgan fingerprint density at radius 2 is 2.29 bits per heavy atom. The second kappa shape index (κ2) is 7.32. The molecular formula is C19H27ClN2O2. The number of halogens is 1. The van der Waals surface area contributed by atoms with Crippen LogP contribution < -0.4 is 10.1 Å². The summed E-state index contributed by atoms with van der Waals surface area (Å²) in [7, 11) is 1.59. The maximum Gasteiger partial charge on any atom is 0.225 e. The van der Waals surface area contributed by atoms with Gasteiger partial charge < -0.3 is 15.0 Å².